The number of hydrogen-bond acceptors (Lipinski definition) is 2. The van der Waals surface area contributed by atoms with Crippen LogP contribution in [0.2, 0.25) is 0 Å². The minimum absolute atomic E-state index is 0.0471. The first-order valence-electron chi connectivity index (χ1n) is 14.4. The number of aliphatic hydroxyl groups is 1. The standard InChI is InChI=1S/C31H53NO/c1-20(2)21-10-15-31(18-19-32)17-16-29(6)22(26(21)31)8-9-24-28(5)13-12-25(33)27(3,4)23(28)11-14-30(24,29)7/h21-26,33H,1,8-19,32H2,2-7H3/t21-,22+,23-,24+,25-,26+,28-,29+,30+,31+/m0/s1. The zero-order valence-electron chi connectivity index (χ0n) is 22.7. The first-order valence-corrected chi connectivity index (χ1v) is 14.4. The molecule has 3 N–H and O–H groups in total. The molecule has 0 aromatic rings. The van der Waals surface area contributed by atoms with Crippen molar-refractivity contribution in [2.45, 2.75) is 118 Å². The molecular formula is C31H53NO. The second kappa shape index (κ2) is 7.58. The van der Waals surface area contributed by atoms with Crippen LogP contribution in [0.3, 0.4) is 0 Å². The van der Waals surface area contributed by atoms with Crippen molar-refractivity contribution in [3.8, 4) is 0 Å². The number of fused-ring (bicyclic) bond motifs is 7. The van der Waals surface area contributed by atoms with Gasteiger partial charge in [0, 0.05) is 0 Å². The molecule has 5 aliphatic carbocycles. The van der Waals surface area contributed by atoms with Gasteiger partial charge in [-0.05, 0) is 141 Å². The van der Waals surface area contributed by atoms with Gasteiger partial charge < -0.3 is 10.8 Å². The molecular weight excluding hydrogens is 402 g/mol. The highest BCUT2D eigenvalue weighted by molar-refractivity contribution is 5.21. The maximum Gasteiger partial charge on any atom is 0.0594 e. The van der Waals surface area contributed by atoms with Gasteiger partial charge in [0.1, 0.15) is 0 Å². The summed E-state index contributed by atoms with van der Waals surface area (Å²) in [7, 11) is 0. The maximum absolute atomic E-state index is 10.9. The first kappa shape index (κ1) is 24.4. The fourth-order valence-electron chi connectivity index (χ4n) is 12.0. The Kier molecular flexibility index (Phi) is 5.60. The molecule has 5 saturated carbocycles. The van der Waals surface area contributed by atoms with Gasteiger partial charge in [0.2, 0.25) is 0 Å². The highest BCUT2D eigenvalue weighted by Crippen LogP contribution is 2.77. The van der Waals surface area contributed by atoms with Gasteiger partial charge in [-0.15, -0.1) is 0 Å². The predicted octanol–water partition coefficient (Wildman–Crippen LogP) is 7.35. The van der Waals surface area contributed by atoms with Crippen molar-refractivity contribution in [3.05, 3.63) is 12.2 Å². The van der Waals surface area contributed by atoms with Gasteiger partial charge in [-0.1, -0.05) is 46.8 Å². The SMILES string of the molecule is C=C(C)[C@@H]1CC[C@]2(CCN)CC[C@]3(C)[C@H](CC[C@@H]4[C@@]5(C)CC[C@H](O)C(C)(C)[C@@H]5CC[C@]43C)[C@@H]12. The minimum atomic E-state index is -0.131. The van der Waals surface area contributed by atoms with Gasteiger partial charge >= 0.3 is 0 Å². The van der Waals surface area contributed by atoms with Gasteiger partial charge in [-0.2, -0.15) is 0 Å². The molecule has 0 aromatic heterocycles. The molecule has 0 radical (unpaired) electrons. The molecule has 5 aliphatic rings. The maximum atomic E-state index is 10.9. The van der Waals surface area contributed by atoms with Crippen LogP contribution in [0.15, 0.2) is 12.2 Å². The van der Waals surface area contributed by atoms with Crippen LogP contribution in [0.4, 0.5) is 0 Å². The van der Waals surface area contributed by atoms with E-state index in [-0.39, 0.29) is 11.5 Å². The fraction of sp³-hybridized carbons (Fsp3) is 0.935. The summed E-state index contributed by atoms with van der Waals surface area (Å²) in [5.74, 6) is 3.78. The van der Waals surface area contributed by atoms with Crippen LogP contribution >= 0.6 is 0 Å². The van der Waals surface area contributed by atoms with Gasteiger partial charge in [0.25, 0.3) is 0 Å². The van der Waals surface area contributed by atoms with Crippen LogP contribution in [0.5, 0.6) is 0 Å². The Labute approximate surface area is 204 Å². The number of rotatable bonds is 3. The summed E-state index contributed by atoms with van der Waals surface area (Å²) in [6.07, 6.45) is 14.3. The van der Waals surface area contributed by atoms with Crippen LogP contribution < -0.4 is 5.73 Å². The molecule has 5 rings (SSSR count). The van der Waals surface area contributed by atoms with Crippen LogP contribution in [0.1, 0.15) is 112 Å². The van der Waals surface area contributed by atoms with Crippen molar-refractivity contribution in [1.82, 2.24) is 0 Å². The van der Waals surface area contributed by atoms with E-state index in [1.165, 1.54) is 69.8 Å². The molecule has 0 saturated heterocycles. The number of aliphatic hydroxyl groups excluding tert-OH is 1. The van der Waals surface area contributed by atoms with Crippen molar-refractivity contribution < 1.29 is 5.11 Å². The summed E-state index contributed by atoms with van der Waals surface area (Å²) in [4.78, 5) is 0. The first-order chi connectivity index (χ1) is 15.4. The van der Waals surface area contributed by atoms with Crippen molar-refractivity contribution in [1.29, 1.82) is 0 Å². The minimum Gasteiger partial charge on any atom is -0.393 e. The molecule has 2 nitrogen and oxygen atoms in total. The number of nitrogens with two attached hydrogens (primary N) is 1. The van der Waals surface area contributed by atoms with Crippen LogP contribution in [-0.2, 0) is 0 Å². The molecule has 0 bridgehead atoms. The van der Waals surface area contributed by atoms with E-state index in [9.17, 15) is 5.11 Å². The summed E-state index contributed by atoms with van der Waals surface area (Å²) in [6, 6.07) is 0. The zero-order chi connectivity index (χ0) is 24.0. The van der Waals surface area contributed by atoms with Gasteiger partial charge in [-0.25, -0.2) is 0 Å². The summed E-state index contributed by atoms with van der Waals surface area (Å²) >= 11 is 0. The van der Waals surface area contributed by atoms with Gasteiger partial charge in [-0.3, -0.25) is 0 Å². The third-order valence-corrected chi connectivity index (χ3v) is 13.9. The molecule has 10 atom stereocenters. The van der Waals surface area contributed by atoms with E-state index in [1.54, 1.807) is 0 Å². The lowest BCUT2D eigenvalue weighted by Gasteiger charge is -2.73. The predicted molar refractivity (Wildman–Crippen MR) is 139 cm³/mol. The molecule has 5 fully saturated rings. The average Bonchev–Trinajstić information content (AvgIpc) is 3.12. The van der Waals surface area contributed by atoms with E-state index in [1.807, 2.05) is 0 Å². The summed E-state index contributed by atoms with van der Waals surface area (Å²) < 4.78 is 0. The molecule has 0 aliphatic heterocycles. The molecule has 0 spiro atoms. The molecule has 0 heterocycles. The topological polar surface area (TPSA) is 46.2 Å². The van der Waals surface area contributed by atoms with E-state index in [2.05, 4.69) is 48.1 Å². The Bertz CT molecular complexity index is 803. The molecule has 188 valence electrons. The van der Waals surface area contributed by atoms with Crippen LogP contribution in [0.25, 0.3) is 0 Å². The third-order valence-electron chi connectivity index (χ3n) is 13.9. The highest BCUT2D eigenvalue weighted by Gasteiger charge is 2.70. The van der Waals surface area contributed by atoms with Crippen LogP contribution in [0, 0.1) is 56.7 Å². The smallest absolute Gasteiger partial charge is 0.0594 e. The number of hydrogen-bond donors (Lipinski definition) is 2. The summed E-state index contributed by atoms with van der Waals surface area (Å²) in [5, 5.41) is 10.9. The Hall–Kier alpha value is -0.340. The second-order valence-electron chi connectivity index (χ2n) is 15.0. The van der Waals surface area contributed by atoms with E-state index >= 15 is 0 Å². The Balaban J connectivity index is 1.54. The lowest BCUT2D eigenvalue weighted by molar-refractivity contribution is -0.247. The fourth-order valence-corrected chi connectivity index (χ4v) is 12.0. The second-order valence-corrected chi connectivity index (χ2v) is 15.0. The average molecular weight is 456 g/mol. The highest BCUT2D eigenvalue weighted by atomic mass is 16.3. The Morgan fingerprint density at radius 2 is 1.58 bits per heavy atom. The lowest BCUT2D eigenvalue weighted by atomic mass is 9.32. The van der Waals surface area contributed by atoms with Crippen molar-refractivity contribution in [2.24, 2.45) is 62.4 Å². The Morgan fingerprint density at radius 1 is 0.848 bits per heavy atom. The molecule has 0 amide bonds. The van der Waals surface area contributed by atoms with E-state index in [0.29, 0.717) is 33.5 Å². The number of allylic oxidation sites excluding steroid dienone is 1. The monoisotopic (exact) mass is 455 g/mol. The van der Waals surface area contributed by atoms with Gasteiger partial charge in [0.15, 0.2) is 0 Å². The molecule has 33 heavy (non-hydrogen) atoms. The quantitative estimate of drug-likeness (QED) is 0.437. The summed E-state index contributed by atoms with van der Waals surface area (Å²) in [6.45, 7) is 20.5. The van der Waals surface area contributed by atoms with Crippen LogP contribution in [-0.4, -0.2) is 17.8 Å². The van der Waals surface area contributed by atoms with Crippen molar-refractivity contribution in [2.75, 3.05) is 6.54 Å². The van der Waals surface area contributed by atoms with E-state index in [0.717, 1.165) is 30.7 Å². The molecule has 0 aromatic carbocycles. The normalized spacial score (nSPS) is 55.2. The molecule has 2 heteroatoms. The zero-order valence-corrected chi connectivity index (χ0v) is 22.7. The summed E-state index contributed by atoms with van der Waals surface area (Å²) in [5.41, 5.74) is 9.42. The van der Waals surface area contributed by atoms with Crippen molar-refractivity contribution >= 4 is 0 Å². The largest absolute Gasteiger partial charge is 0.393 e. The van der Waals surface area contributed by atoms with Gasteiger partial charge in [0.05, 0.1) is 6.10 Å². The lowest BCUT2D eigenvalue weighted by Crippen LogP contribution is -2.66. The Morgan fingerprint density at radius 3 is 2.24 bits per heavy atom. The molecule has 0 unspecified atom stereocenters. The van der Waals surface area contributed by atoms with Crippen molar-refractivity contribution in [3.63, 3.8) is 0 Å². The van der Waals surface area contributed by atoms with E-state index in [4.69, 9.17) is 5.73 Å². The van der Waals surface area contributed by atoms with E-state index < -0.39 is 0 Å². The third kappa shape index (κ3) is 2.98.